The predicted octanol–water partition coefficient (Wildman–Crippen LogP) is 1.71. The Bertz CT molecular complexity index is 369. The number of ether oxygens (including phenoxy) is 2. The fourth-order valence-electron chi connectivity index (χ4n) is 1.43. The minimum atomic E-state index is -0.437. The Morgan fingerprint density at radius 2 is 2.29 bits per heavy atom. The van der Waals surface area contributed by atoms with Crippen LogP contribution in [0.2, 0.25) is 0 Å². The van der Waals surface area contributed by atoms with E-state index in [0.717, 1.165) is 12.1 Å². The molecule has 0 aromatic carbocycles. The van der Waals surface area contributed by atoms with Crippen LogP contribution in [0.25, 0.3) is 0 Å². The summed E-state index contributed by atoms with van der Waals surface area (Å²) in [6.45, 7) is 2.69. The van der Waals surface area contributed by atoms with Crippen molar-refractivity contribution in [2.24, 2.45) is 0 Å². The molecule has 94 valence electrons. The molecule has 0 aliphatic carbocycles. The number of rotatable bonds is 6. The lowest BCUT2D eigenvalue weighted by atomic mass is 10.2. The van der Waals surface area contributed by atoms with Gasteiger partial charge in [-0.15, -0.1) is 0 Å². The molecule has 0 fully saturated rings. The minimum Gasteiger partial charge on any atom is -0.464 e. The lowest BCUT2D eigenvalue weighted by Crippen LogP contribution is -2.24. The van der Waals surface area contributed by atoms with Gasteiger partial charge in [0.1, 0.15) is 5.69 Å². The van der Waals surface area contributed by atoms with Crippen molar-refractivity contribution in [2.75, 3.05) is 26.1 Å². The minimum absolute atomic E-state index is 0.216. The van der Waals surface area contributed by atoms with Gasteiger partial charge in [0.2, 0.25) is 0 Å². The van der Waals surface area contributed by atoms with E-state index >= 15 is 0 Å². The molecule has 1 rings (SSSR count). The highest BCUT2D eigenvalue weighted by Crippen LogP contribution is 2.11. The van der Waals surface area contributed by atoms with Crippen molar-refractivity contribution in [1.82, 2.24) is 4.98 Å². The third-order valence-electron chi connectivity index (χ3n) is 2.39. The first-order chi connectivity index (χ1) is 8.21. The van der Waals surface area contributed by atoms with Crippen molar-refractivity contribution >= 4 is 11.7 Å². The van der Waals surface area contributed by atoms with Gasteiger partial charge in [-0.25, -0.2) is 9.78 Å². The van der Waals surface area contributed by atoms with Crippen molar-refractivity contribution < 1.29 is 14.3 Å². The van der Waals surface area contributed by atoms with Crippen molar-refractivity contribution in [3.05, 3.63) is 24.0 Å². The molecule has 5 heteroatoms. The van der Waals surface area contributed by atoms with E-state index < -0.39 is 5.97 Å². The first-order valence-corrected chi connectivity index (χ1v) is 5.51. The number of anilines is 1. The van der Waals surface area contributed by atoms with Gasteiger partial charge < -0.3 is 14.8 Å². The van der Waals surface area contributed by atoms with Gasteiger partial charge in [0, 0.05) is 25.0 Å². The fourth-order valence-corrected chi connectivity index (χ4v) is 1.43. The maximum Gasteiger partial charge on any atom is 0.356 e. The first kappa shape index (κ1) is 13.4. The zero-order valence-electron chi connectivity index (χ0n) is 10.4. The van der Waals surface area contributed by atoms with E-state index in [0.29, 0.717) is 12.3 Å². The summed E-state index contributed by atoms with van der Waals surface area (Å²) in [5.74, 6) is -0.437. The van der Waals surface area contributed by atoms with Crippen LogP contribution in [0.4, 0.5) is 5.69 Å². The number of hydrogen-bond acceptors (Lipinski definition) is 5. The molecule has 0 amide bonds. The highest BCUT2D eigenvalue weighted by Gasteiger charge is 2.10. The summed E-state index contributed by atoms with van der Waals surface area (Å²) in [5, 5.41) is 3.28. The number of nitrogens with zero attached hydrogens (tertiary/aromatic N) is 1. The van der Waals surface area contributed by atoms with Gasteiger partial charge in [-0.2, -0.15) is 0 Å². The Hall–Kier alpha value is -1.62. The van der Waals surface area contributed by atoms with E-state index in [9.17, 15) is 4.79 Å². The zero-order valence-corrected chi connectivity index (χ0v) is 10.4. The molecule has 0 aliphatic heterocycles. The summed E-state index contributed by atoms with van der Waals surface area (Å²) in [5.41, 5.74) is 1.13. The van der Waals surface area contributed by atoms with E-state index in [2.05, 4.69) is 22.0 Å². The number of aromatic nitrogens is 1. The van der Waals surface area contributed by atoms with Gasteiger partial charge in [0.05, 0.1) is 13.7 Å². The first-order valence-electron chi connectivity index (χ1n) is 5.51. The second-order valence-electron chi connectivity index (χ2n) is 3.63. The van der Waals surface area contributed by atoms with Gasteiger partial charge in [-0.05, 0) is 18.6 Å². The molecule has 1 aromatic rings. The van der Waals surface area contributed by atoms with Crippen LogP contribution in [-0.2, 0) is 9.47 Å². The Kier molecular flexibility index (Phi) is 5.42. The van der Waals surface area contributed by atoms with Gasteiger partial charge in [0.15, 0.2) is 0 Å². The molecule has 1 atom stereocenters. The molecule has 1 aromatic heterocycles. The van der Waals surface area contributed by atoms with E-state index in [1.165, 1.54) is 7.11 Å². The van der Waals surface area contributed by atoms with Crippen LogP contribution in [0.1, 0.15) is 23.8 Å². The van der Waals surface area contributed by atoms with Crippen LogP contribution in [0, 0.1) is 0 Å². The second-order valence-corrected chi connectivity index (χ2v) is 3.63. The Labute approximate surface area is 101 Å². The molecule has 0 bridgehead atoms. The van der Waals surface area contributed by atoms with E-state index in [-0.39, 0.29) is 6.04 Å². The number of carbonyl (C=O) groups is 1. The molecule has 0 spiro atoms. The quantitative estimate of drug-likeness (QED) is 0.764. The van der Waals surface area contributed by atoms with Crippen LogP contribution in [0.3, 0.4) is 0 Å². The molecule has 1 unspecified atom stereocenters. The third-order valence-corrected chi connectivity index (χ3v) is 2.39. The summed E-state index contributed by atoms with van der Waals surface area (Å²) in [6.07, 6.45) is 2.51. The molecule has 0 radical (unpaired) electrons. The van der Waals surface area contributed by atoms with E-state index in [1.54, 1.807) is 19.4 Å². The number of esters is 1. The van der Waals surface area contributed by atoms with Crippen molar-refractivity contribution in [3.63, 3.8) is 0 Å². The Balaban J connectivity index is 2.74. The number of pyridine rings is 1. The van der Waals surface area contributed by atoms with Crippen molar-refractivity contribution in [1.29, 1.82) is 0 Å². The molecular formula is C12H18N2O3. The summed E-state index contributed by atoms with van der Waals surface area (Å²) in [7, 11) is 3.00. The maximum absolute atomic E-state index is 11.3. The van der Waals surface area contributed by atoms with Crippen LogP contribution in [-0.4, -0.2) is 37.8 Å². The number of methoxy groups -OCH3 is 2. The molecule has 0 saturated heterocycles. The molecule has 1 N–H and O–H groups in total. The van der Waals surface area contributed by atoms with Gasteiger partial charge in [0.25, 0.3) is 0 Å². The van der Waals surface area contributed by atoms with Gasteiger partial charge in [-0.1, -0.05) is 6.92 Å². The SMILES string of the molecule is CCC(COC)Nc1ccnc(C(=O)OC)c1. The standard InChI is InChI=1S/C12H18N2O3/c1-4-9(8-16-2)14-10-5-6-13-11(7-10)12(15)17-3/h5-7,9H,4,8H2,1-3H3,(H,13,14). The molecule has 1 heterocycles. The normalized spacial score (nSPS) is 11.9. The summed E-state index contributed by atoms with van der Waals surface area (Å²) in [6, 6.07) is 3.70. The summed E-state index contributed by atoms with van der Waals surface area (Å²) < 4.78 is 9.71. The number of hydrogen-bond donors (Lipinski definition) is 1. The van der Waals surface area contributed by atoms with E-state index in [4.69, 9.17) is 4.74 Å². The smallest absolute Gasteiger partial charge is 0.356 e. The highest BCUT2D eigenvalue weighted by atomic mass is 16.5. The second kappa shape index (κ2) is 6.85. The van der Waals surface area contributed by atoms with Crippen LogP contribution in [0.5, 0.6) is 0 Å². The molecule has 0 aliphatic rings. The Morgan fingerprint density at radius 1 is 1.53 bits per heavy atom. The van der Waals surface area contributed by atoms with E-state index in [1.807, 2.05) is 6.07 Å². The monoisotopic (exact) mass is 238 g/mol. The Morgan fingerprint density at radius 3 is 2.88 bits per heavy atom. The molecule has 5 nitrogen and oxygen atoms in total. The average Bonchev–Trinajstić information content (AvgIpc) is 2.37. The number of nitrogens with one attached hydrogen (secondary N) is 1. The van der Waals surface area contributed by atoms with Gasteiger partial charge in [-0.3, -0.25) is 0 Å². The molecule has 17 heavy (non-hydrogen) atoms. The average molecular weight is 238 g/mol. The van der Waals surface area contributed by atoms with Crippen molar-refractivity contribution in [3.8, 4) is 0 Å². The van der Waals surface area contributed by atoms with Gasteiger partial charge >= 0.3 is 5.97 Å². The molecular weight excluding hydrogens is 220 g/mol. The summed E-state index contributed by atoms with van der Waals surface area (Å²) >= 11 is 0. The van der Waals surface area contributed by atoms with Crippen LogP contribution >= 0.6 is 0 Å². The van der Waals surface area contributed by atoms with Crippen LogP contribution < -0.4 is 5.32 Å². The topological polar surface area (TPSA) is 60.5 Å². The third kappa shape index (κ3) is 4.03. The van der Waals surface area contributed by atoms with Crippen LogP contribution in [0.15, 0.2) is 18.3 Å². The summed E-state index contributed by atoms with van der Waals surface area (Å²) in [4.78, 5) is 15.3. The largest absolute Gasteiger partial charge is 0.464 e. The lowest BCUT2D eigenvalue weighted by Gasteiger charge is -2.17. The lowest BCUT2D eigenvalue weighted by molar-refractivity contribution is 0.0594. The number of carbonyl (C=O) groups excluding carboxylic acids is 1. The molecule has 0 saturated carbocycles. The zero-order chi connectivity index (χ0) is 12.7. The fraction of sp³-hybridized carbons (Fsp3) is 0.500. The predicted molar refractivity (Wildman–Crippen MR) is 65.2 cm³/mol. The maximum atomic E-state index is 11.3. The van der Waals surface area contributed by atoms with Crippen molar-refractivity contribution in [2.45, 2.75) is 19.4 Å². The highest BCUT2D eigenvalue weighted by molar-refractivity contribution is 5.88.